The lowest BCUT2D eigenvalue weighted by Gasteiger charge is -2.39. The van der Waals surface area contributed by atoms with Gasteiger partial charge in [-0.15, -0.1) is 0 Å². The van der Waals surface area contributed by atoms with Gasteiger partial charge in [0.2, 0.25) is 0 Å². The van der Waals surface area contributed by atoms with Gasteiger partial charge < -0.3 is 9.64 Å². The zero-order valence-corrected chi connectivity index (χ0v) is 11.5. The highest BCUT2D eigenvalue weighted by Crippen LogP contribution is 2.31. The molecule has 1 saturated carbocycles. The van der Waals surface area contributed by atoms with Crippen molar-refractivity contribution in [3.05, 3.63) is 35.9 Å². The van der Waals surface area contributed by atoms with Crippen LogP contribution < -0.4 is 0 Å². The second-order valence-electron chi connectivity index (χ2n) is 5.67. The second kappa shape index (κ2) is 5.65. The monoisotopic (exact) mass is 273 g/mol. The van der Waals surface area contributed by atoms with E-state index in [1.165, 1.54) is 0 Å². The van der Waals surface area contributed by atoms with Crippen LogP contribution in [0.5, 0.6) is 0 Å². The lowest BCUT2D eigenvalue weighted by Crippen LogP contribution is -2.51. The van der Waals surface area contributed by atoms with Crippen LogP contribution in [0.2, 0.25) is 0 Å². The Kier molecular flexibility index (Phi) is 3.72. The van der Waals surface area contributed by atoms with Gasteiger partial charge in [0.15, 0.2) is 0 Å². The van der Waals surface area contributed by atoms with Crippen molar-refractivity contribution in [2.45, 2.75) is 25.9 Å². The zero-order valence-electron chi connectivity index (χ0n) is 11.5. The summed E-state index contributed by atoms with van der Waals surface area (Å²) in [4.78, 5) is 25.8. The van der Waals surface area contributed by atoms with Gasteiger partial charge in [-0.1, -0.05) is 36.8 Å². The largest absolute Gasteiger partial charge is 0.445 e. The van der Waals surface area contributed by atoms with Crippen molar-refractivity contribution in [1.29, 1.82) is 0 Å². The molecule has 2 atom stereocenters. The number of amides is 1. The first-order valence-corrected chi connectivity index (χ1v) is 7.23. The Bertz CT molecular complexity index is 484. The molecule has 2 aliphatic rings. The standard InChI is InChI=1S/C16H19NO3/c18-15-13-7-4-8-14(15)10-17(9-13)16(19)20-11-12-5-2-1-3-6-12/h1-3,5-6,13-14H,4,7-11H2. The Morgan fingerprint density at radius 3 is 2.45 bits per heavy atom. The van der Waals surface area contributed by atoms with Gasteiger partial charge in [0, 0.05) is 24.9 Å². The summed E-state index contributed by atoms with van der Waals surface area (Å²) in [5.74, 6) is 0.418. The predicted molar refractivity (Wildman–Crippen MR) is 74.0 cm³/mol. The number of carbonyl (C=O) groups excluding carboxylic acids is 2. The molecule has 1 amide bonds. The minimum Gasteiger partial charge on any atom is -0.445 e. The maximum atomic E-state index is 12.1. The van der Waals surface area contributed by atoms with Crippen LogP contribution in [-0.4, -0.2) is 29.9 Å². The third-order valence-electron chi connectivity index (χ3n) is 4.25. The van der Waals surface area contributed by atoms with E-state index >= 15 is 0 Å². The number of fused-ring (bicyclic) bond motifs is 2. The SMILES string of the molecule is O=C1C2CCCC1CN(C(=O)OCc1ccccc1)C2. The molecule has 106 valence electrons. The minimum absolute atomic E-state index is 0.0341. The van der Waals surface area contributed by atoms with Gasteiger partial charge >= 0.3 is 6.09 Å². The summed E-state index contributed by atoms with van der Waals surface area (Å²) in [6.07, 6.45) is 2.64. The normalized spacial score (nSPS) is 25.4. The highest BCUT2D eigenvalue weighted by molar-refractivity contribution is 5.86. The molecule has 0 spiro atoms. The van der Waals surface area contributed by atoms with Crippen LogP contribution in [0.3, 0.4) is 0 Å². The van der Waals surface area contributed by atoms with Gasteiger partial charge in [-0.25, -0.2) is 4.79 Å². The van der Waals surface area contributed by atoms with Crippen molar-refractivity contribution in [1.82, 2.24) is 4.90 Å². The molecule has 4 nitrogen and oxygen atoms in total. The van der Waals surface area contributed by atoms with Gasteiger partial charge in [-0.05, 0) is 18.4 Å². The minimum atomic E-state index is -0.293. The Morgan fingerprint density at radius 2 is 1.80 bits per heavy atom. The Morgan fingerprint density at radius 1 is 1.15 bits per heavy atom. The molecule has 0 aromatic heterocycles. The average Bonchev–Trinajstić information content (AvgIpc) is 2.45. The van der Waals surface area contributed by atoms with Crippen LogP contribution >= 0.6 is 0 Å². The Balaban J connectivity index is 1.57. The number of hydrogen-bond donors (Lipinski definition) is 0. The van der Waals surface area contributed by atoms with E-state index < -0.39 is 0 Å². The maximum absolute atomic E-state index is 12.1. The first-order valence-electron chi connectivity index (χ1n) is 7.23. The van der Waals surface area contributed by atoms with Crippen LogP contribution in [0.25, 0.3) is 0 Å². The van der Waals surface area contributed by atoms with E-state index in [-0.39, 0.29) is 17.9 Å². The fourth-order valence-corrected chi connectivity index (χ4v) is 3.16. The number of Topliss-reactive ketones (excluding diaryl/α,β-unsaturated/α-hetero) is 1. The van der Waals surface area contributed by atoms with E-state index in [1.54, 1.807) is 4.90 Å². The molecule has 0 N–H and O–H groups in total. The van der Waals surface area contributed by atoms with Crippen molar-refractivity contribution in [3.8, 4) is 0 Å². The van der Waals surface area contributed by atoms with E-state index in [0.29, 0.717) is 25.5 Å². The average molecular weight is 273 g/mol. The summed E-state index contributed by atoms with van der Waals surface area (Å²) in [6.45, 7) is 1.35. The molecule has 3 rings (SSSR count). The maximum Gasteiger partial charge on any atom is 0.410 e. The summed E-state index contributed by atoms with van der Waals surface area (Å²) in [5.41, 5.74) is 0.981. The fourth-order valence-electron chi connectivity index (χ4n) is 3.16. The molecule has 1 aromatic carbocycles. The van der Waals surface area contributed by atoms with Crippen LogP contribution in [-0.2, 0) is 16.1 Å². The number of ketones is 1. The highest BCUT2D eigenvalue weighted by atomic mass is 16.6. The molecule has 1 saturated heterocycles. The van der Waals surface area contributed by atoms with Gasteiger partial charge in [0.05, 0.1) is 0 Å². The van der Waals surface area contributed by atoms with E-state index in [2.05, 4.69) is 0 Å². The number of piperidine rings is 1. The lowest BCUT2D eigenvalue weighted by atomic mass is 9.77. The van der Waals surface area contributed by atoms with Crippen molar-refractivity contribution in [2.75, 3.05) is 13.1 Å². The van der Waals surface area contributed by atoms with Crippen LogP contribution in [0.1, 0.15) is 24.8 Å². The first kappa shape index (κ1) is 13.2. The van der Waals surface area contributed by atoms with E-state index in [4.69, 9.17) is 4.74 Å². The van der Waals surface area contributed by atoms with Gasteiger partial charge in [0.25, 0.3) is 0 Å². The summed E-state index contributed by atoms with van der Waals surface area (Å²) in [5, 5.41) is 0. The van der Waals surface area contributed by atoms with Crippen LogP contribution in [0.4, 0.5) is 4.79 Å². The lowest BCUT2D eigenvalue weighted by molar-refractivity contribution is -0.133. The van der Waals surface area contributed by atoms with Crippen molar-refractivity contribution < 1.29 is 14.3 Å². The number of nitrogens with zero attached hydrogens (tertiary/aromatic N) is 1. The summed E-state index contributed by atoms with van der Waals surface area (Å²) < 4.78 is 5.34. The number of carbonyl (C=O) groups is 2. The second-order valence-corrected chi connectivity index (χ2v) is 5.67. The molecule has 1 aliphatic heterocycles. The molecule has 1 aromatic rings. The van der Waals surface area contributed by atoms with E-state index in [9.17, 15) is 9.59 Å². The van der Waals surface area contributed by atoms with E-state index in [1.807, 2.05) is 30.3 Å². The molecular formula is C16H19NO3. The Hall–Kier alpha value is -1.84. The molecule has 20 heavy (non-hydrogen) atoms. The predicted octanol–water partition coefficient (Wildman–Crippen LogP) is 2.62. The summed E-state index contributed by atoms with van der Waals surface area (Å²) in [6, 6.07) is 9.65. The number of rotatable bonds is 2. The summed E-state index contributed by atoms with van der Waals surface area (Å²) >= 11 is 0. The van der Waals surface area contributed by atoms with Crippen molar-refractivity contribution in [2.24, 2.45) is 11.8 Å². The number of hydrogen-bond acceptors (Lipinski definition) is 3. The third-order valence-corrected chi connectivity index (χ3v) is 4.25. The molecule has 4 heteroatoms. The molecule has 1 aliphatic carbocycles. The molecule has 2 fully saturated rings. The molecule has 0 radical (unpaired) electrons. The Labute approximate surface area is 118 Å². The first-order chi connectivity index (χ1) is 9.74. The third kappa shape index (κ3) is 2.69. The van der Waals surface area contributed by atoms with Gasteiger partial charge in [-0.2, -0.15) is 0 Å². The summed E-state index contributed by atoms with van der Waals surface area (Å²) in [7, 11) is 0. The van der Waals surface area contributed by atoms with E-state index in [0.717, 1.165) is 24.8 Å². The van der Waals surface area contributed by atoms with Crippen LogP contribution in [0, 0.1) is 11.8 Å². The number of likely N-dealkylation sites (tertiary alicyclic amines) is 1. The van der Waals surface area contributed by atoms with Gasteiger partial charge in [0.1, 0.15) is 12.4 Å². The van der Waals surface area contributed by atoms with Crippen molar-refractivity contribution in [3.63, 3.8) is 0 Å². The molecule has 2 bridgehead atoms. The molecule has 2 unspecified atom stereocenters. The zero-order chi connectivity index (χ0) is 13.9. The highest BCUT2D eigenvalue weighted by Gasteiger charge is 2.39. The number of ether oxygens (including phenoxy) is 1. The topological polar surface area (TPSA) is 46.6 Å². The molecular weight excluding hydrogens is 254 g/mol. The fraction of sp³-hybridized carbons (Fsp3) is 0.500. The smallest absolute Gasteiger partial charge is 0.410 e. The molecule has 1 heterocycles. The van der Waals surface area contributed by atoms with Crippen LogP contribution in [0.15, 0.2) is 30.3 Å². The van der Waals surface area contributed by atoms with Crippen molar-refractivity contribution >= 4 is 11.9 Å². The van der Waals surface area contributed by atoms with Gasteiger partial charge in [-0.3, -0.25) is 4.79 Å². The quantitative estimate of drug-likeness (QED) is 0.832. The number of benzene rings is 1.